The van der Waals surface area contributed by atoms with Gasteiger partial charge in [0.25, 0.3) is 0 Å². The van der Waals surface area contributed by atoms with Gasteiger partial charge < -0.3 is 4.90 Å². The molecule has 2 heterocycles. The van der Waals surface area contributed by atoms with Crippen molar-refractivity contribution < 1.29 is 4.79 Å². The topological polar surface area (TPSA) is 38.1 Å². The first kappa shape index (κ1) is 13.8. The van der Waals surface area contributed by atoms with Gasteiger partial charge in [-0.3, -0.25) is 9.48 Å². The summed E-state index contributed by atoms with van der Waals surface area (Å²) in [5.74, 6) is 0.494. The molecule has 4 heteroatoms. The van der Waals surface area contributed by atoms with Crippen molar-refractivity contribution in [2.24, 2.45) is 7.05 Å². The van der Waals surface area contributed by atoms with Gasteiger partial charge in [-0.2, -0.15) is 5.10 Å². The minimum absolute atomic E-state index is 0.234. The molecule has 1 saturated carbocycles. The lowest BCUT2D eigenvalue weighted by atomic mass is 9.91. The Labute approximate surface area is 140 Å². The Balaban J connectivity index is 1.65. The lowest BCUT2D eigenvalue weighted by Crippen LogP contribution is -2.29. The van der Waals surface area contributed by atoms with E-state index in [4.69, 9.17) is 0 Å². The van der Waals surface area contributed by atoms with E-state index in [1.807, 2.05) is 29.9 Å². The lowest BCUT2D eigenvalue weighted by molar-refractivity contribution is -0.120. The summed E-state index contributed by atoms with van der Waals surface area (Å²) in [6.07, 6.45) is 2.78. The van der Waals surface area contributed by atoms with Gasteiger partial charge in [0, 0.05) is 31.1 Å². The number of aromatic nitrogens is 2. The number of hydrogen-bond donors (Lipinski definition) is 0. The fourth-order valence-electron chi connectivity index (χ4n) is 4.40. The Hall–Kier alpha value is -2.62. The van der Waals surface area contributed by atoms with Crippen LogP contribution in [0.1, 0.15) is 29.0 Å². The Morgan fingerprint density at radius 3 is 2.83 bits per heavy atom. The van der Waals surface area contributed by atoms with E-state index in [-0.39, 0.29) is 17.2 Å². The zero-order chi connectivity index (χ0) is 16.6. The highest BCUT2D eigenvalue weighted by molar-refractivity contribution is 6.11. The summed E-state index contributed by atoms with van der Waals surface area (Å²) in [5, 5.41) is 5.46. The van der Waals surface area contributed by atoms with E-state index in [9.17, 15) is 4.79 Å². The summed E-state index contributed by atoms with van der Waals surface area (Å²) < 4.78 is 1.90. The molecule has 0 bridgehead atoms. The molecule has 0 radical (unpaired) electrons. The molecule has 1 aromatic heterocycles. The zero-order valence-electron chi connectivity index (χ0n) is 14.1. The van der Waals surface area contributed by atoms with Crippen molar-refractivity contribution in [2.45, 2.75) is 24.7 Å². The third-order valence-corrected chi connectivity index (χ3v) is 5.82. The van der Waals surface area contributed by atoms with Gasteiger partial charge in [0.15, 0.2) is 0 Å². The Morgan fingerprint density at radius 1 is 1.17 bits per heavy atom. The second kappa shape index (κ2) is 4.26. The van der Waals surface area contributed by atoms with E-state index in [2.05, 4.69) is 48.4 Å². The van der Waals surface area contributed by atoms with Crippen LogP contribution in [0.2, 0.25) is 0 Å². The van der Waals surface area contributed by atoms with Crippen LogP contribution < -0.4 is 4.90 Å². The maximum Gasteiger partial charge on any atom is 0.238 e. The quantitative estimate of drug-likeness (QED) is 0.691. The van der Waals surface area contributed by atoms with E-state index in [0.29, 0.717) is 0 Å². The van der Waals surface area contributed by atoms with Crippen LogP contribution in [0.25, 0.3) is 10.9 Å². The molecule has 3 aromatic rings. The van der Waals surface area contributed by atoms with Crippen molar-refractivity contribution >= 4 is 22.5 Å². The third-order valence-electron chi connectivity index (χ3n) is 5.82. The predicted octanol–water partition coefficient (Wildman–Crippen LogP) is 3.28. The fourth-order valence-corrected chi connectivity index (χ4v) is 4.40. The Kier molecular flexibility index (Phi) is 2.45. The average Bonchev–Trinajstić information content (AvgIpc) is 3.19. The number of amides is 1. The average molecular weight is 317 g/mol. The highest BCUT2D eigenvalue weighted by atomic mass is 16.2. The van der Waals surface area contributed by atoms with Crippen LogP contribution in [0.3, 0.4) is 0 Å². The third kappa shape index (κ3) is 1.53. The zero-order valence-corrected chi connectivity index (χ0v) is 14.1. The van der Waals surface area contributed by atoms with Gasteiger partial charge in [-0.15, -0.1) is 0 Å². The molecule has 1 fully saturated rings. The molecule has 2 aliphatic rings. The molecule has 2 unspecified atom stereocenters. The van der Waals surface area contributed by atoms with Crippen molar-refractivity contribution in [2.75, 3.05) is 11.9 Å². The molecule has 120 valence electrons. The highest BCUT2D eigenvalue weighted by Crippen LogP contribution is 2.66. The van der Waals surface area contributed by atoms with Crippen molar-refractivity contribution in [3.8, 4) is 0 Å². The first-order chi connectivity index (χ1) is 11.5. The SMILES string of the molecule is Cc1ccc2c(c1)C1(CC1c1ccc3cnn(C)c3c1)C(=O)N2C. The van der Waals surface area contributed by atoms with Crippen molar-refractivity contribution in [3.63, 3.8) is 0 Å². The maximum absolute atomic E-state index is 13.0. The van der Waals surface area contributed by atoms with Crippen molar-refractivity contribution in [1.29, 1.82) is 0 Å². The number of hydrogen-bond acceptors (Lipinski definition) is 2. The second-order valence-corrected chi connectivity index (χ2v) is 7.20. The van der Waals surface area contributed by atoms with Crippen LogP contribution in [-0.4, -0.2) is 22.7 Å². The lowest BCUT2D eigenvalue weighted by Gasteiger charge is -2.11. The van der Waals surface area contributed by atoms with Crippen LogP contribution in [0.15, 0.2) is 42.6 Å². The van der Waals surface area contributed by atoms with Gasteiger partial charge in [0.2, 0.25) is 5.91 Å². The monoisotopic (exact) mass is 317 g/mol. The molecule has 1 spiro atoms. The van der Waals surface area contributed by atoms with Crippen LogP contribution >= 0.6 is 0 Å². The molecular formula is C20H19N3O. The highest BCUT2D eigenvalue weighted by Gasteiger charge is 2.66. The van der Waals surface area contributed by atoms with E-state index in [1.54, 1.807) is 0 Å². The van der Waals surface area contributed by atoms with Gasteiger partial charge in [-0.05, 0) is 36.6 Å². The van der Waals surface area contributed by atoms with E-state index < -0.39 is 0 Å². The number of benzene rings is 2. The predicted molar refractivity (Wildman–Crippen MR) is 94.3 cm³/mol. The first-order valence-electron chi connectivity index (χ1n) is 8.33. The van der Waals surface area contributed by atoms with Crippen molar-refractivity contribution in [3.05, 3.63) is 59.3 Å². The number of likely N-dealkylation sites (N-methyl/N-ethyl adjacent to an activating group) is 1. The summed E-state index contributed by atoms with van der Waals surface area (Å²) in [5.41, 5.74) is 5.48. The van der Waals surface area contributed by atoms with E-state index in [0.717, 1.165) is 23.0 Å². The van der Waals surface area contributed by atoms with Crippen LogP contribution in [-0.2, 0) is 17.3 Å². The molecule has 2 aromatic carbocycles. The second-order valence-electron chi connectivity index (χ2n) is 7.20. The van der Waals surface area contributed by atoms with E-state index in [1.165, 1.54) is 16.7 Å². The van der Waals surface area contributed by atoms with Gasteiger partial charge in [-0.25, -0.2) is 0 Å². The van der Waals surface area contributed by atoms with Crippen molar-refractivity contribution in [1.82, 2.24) is 9.78 Å². The molecule has 0 N–H and O–H groups in total. The first-order valence-corrected chi connectivity index (χ1v) is 8.33. The van der Waals surface area contributed by atoms with Crippen LogP contribution in [0.5, 0.6) is 0 Å². The molecule has 2 atom stereocenters. The molecule has 1 amide bonds. The fraction of sp³-hybridized carbons (Fsp3) is 0.300. The Bertz CT molecular complexity index is 1020. The van der Waals surface area contributed by atoms with Gasteiger partial charge >= 0.3 is 0 Å². The van der Waals surface area contributed by atoms with Crippen LogP contribution in [0, 0.1) is 6.92 Å². The normalized spacial score (nSPS) is 24.9. The maximum atomic E-state index is 13.0. The van der Waals surface area contributed by atoms with Crippen LogP contribution in [0.4, 0.5) is 5.69 Å². The number of carbonyl (C=O) groups excluding carboxylic acids is 1. The van der Waals surface area contributed by atoms with Gasteiger partial charge in [0.05, 0.1) is 17.1 Å². The largest absolute Gasteiger partial charge is 0.314 e. The number of nitrogens with zero attached hydrogens (tertiary/aromatic N) is 3. The molecular weight excluding hydrogens is 298 g/mol. The minimum Gasteiger partial charge on any atom is -0.314 e. The van der Waals surface area contributed by atoms with Gasteiger partial charge in [-0.1, -0.05) is 29.8 Å². The molecule has 24 heavy (non-hydrogen) atoms. The number of carbonyl (C=O) groups is 1. The van der Waals surface area contributed by atoms with E-state index >= 15 is 0 Å². The standard InChI is InChI=1S/C20H19N3O/c1-12-4-7-17-15(8-12)20(19(24)22(17)2)10-16(20)13-5-6-14-11-21-23(3)18(14)9-13/h4-9,11,16H,10H2,1-3H3. The molecule has 0 saturated heterocycles. The summed E-state index contributed by atoms with van der Waals surface area (Å²) in [7, 11) is 3.85. The smallest absolute Gasteiger partial charge is 0.238 e. The number of fused-ring (bicyclic) bond motifs is 3. The Morgan fingerprint density at radius 2 is 2.00 bits per heavy atom. The summed E-state index contributed by atoms with van der Waals surface area (Å²) in [6.45, 7) is 2.09. The summed E-state index contributed by atoms with van der Waals surface area (Å²) in [6, 6.07) is 12.8. The van der Waals surface area contributed by atoms with Gasteiger partial charge in [0.1, 0.15) is 0 Å². The molecule has 1 aliphatic carbocycles. The summed E-state index contributed by atoms with van der Waals surface area (Å²) >= 11 is 0. The summed E-state index contributed by atoms with van der Waals surface area (Å²) in [4.78, 5) is 14.9. The number of anilines is 1. The minimum atomic E-state index is -0.359. The molecule has 1 aliphatic heterocycles. The number of aryl methyl sites for hydroxylation is 2. The molecule has 5 rings (SSSR count). The number of rotatable bonds is 1. The molecule has 4 nitrogen and oxygen atoms in total.